The summed E-state index contributed by atoms with van der Waals surface area (Å²) in [5.41, 5.74) is 6.23. The minimum Gasteiger partial charge on any atom is -0.379 e. The molecule has 2 fully saturated rings. The summed E-state index contributed by atoms with van der Waals surface area (Å²) in [6.07, 6.45) is 2.22. The van der Waals surface area contributed by atoms with E-state index in [9.17, 15) is 9.18 Å². The third-order valence-corrected chi connectivity index (χ3v) is 6.47. The Bertz CT molecular complexity index is 885. The van der Waals surface area contributed by atoms with Crippen LogP contribution in [0.15, 0.2) is 36.5 Å². The van der Waals surface area contributed by atoms with Gasteiger partial charge >= 0.3 is 0 Å². The highest BCUT2D eigenvalue weighted by Crippen LogP contribution is 2.43. The number of nitrogens with two attached hydrogens (primary N) is 1. The summed E-state index contributed by atoms with van der Waals surface area (Å²) in [6, 6.07) is 7.66. The van der Waals surface area contributed by atoms with E-state index in [2.05, 4.69) is 15.6 Å². The maximum absolute atomic E-state index is 14.9. The summed E-state index contributed by atoms with van der Waals surface area (Å²) >= 11 is 7.43. The number of halogens is 2. The minimum absolute atomic E-state index is 0.185. The largest absolute Gasteiger partial charge is 0.379 e. The molecule has 4 N–H and O–H groups in total. The van der Waals surface area contributed by atoms with Gasteiger partial charge in [-0.2, -0.15) is 0 Å². The van der Waals surface area contributed by atoms with E-state index in [4.69, 9.17) is 22.1 Å². The van der Waals surface area contributed by atoms with E-state index in [-0.39, 0.29) is 22.9 Å². The Kier molecular flexibility index (Phi) is 5.57. The van der Waals surface area contributed by atoms with Gasteiger partial charge in [0, 0.05) is 29.8 Å². The fraction of sp³-hybridized carbons (Fsp3) is 0.368. The van der Waals surface area contributed by atoms with Gasteiger partial charge in [-0.15, -0.1) is 11.8 Å². The first-order valence-corrected chi connectivity index (χ1v) is 10.4. The van der Waals surface area contributed by atoms with E-state index < -0.39 is 11.4 Å². The second kappa shape index (κ2) is 7.96. The summed E-state index contributed by atoms with van der Waals surface area (Å²) in [5, 5.41) is 6.56. The van der Waals surface area contributed by atoms with Crippen LogP contribution in [0.25, 0.3) is 0 Å². The van der Waals surface area contributed by atoms with Crippen molar-refractivity contribution in [2.75, 3.05) is 24.3 Å². The van der Waals surface area contributed by atoms with E-state index in [0.29, 0.717) is 29.5 Å². The van der Waals surface area contributed by atoms with Crippen LogP contribution < -0.4 is 16.4 Å². The zero-order chi connectivity index (χ0) is 19.7. The van der Waals surface area contributed by atoms with Gasteiger partial charge in [0.1, 0.15) is 17.0 Å². The van der Waals surface area contributed by atoms with Gasteiger partial charge in [0.05, 0.1) is 17.2 Å². The first-order chi connectivity index (χ1) is 13.5. The number of nitrogens with zero attached hydrogens (tertiary/aromatic N) is 1. The number of hydrogen-bond acceptors (Lipinski definition) is 6. The third kappa shape index (κ3) is 3.75. The normalized spacial score (nSPS) is 27.1. The number of anilines is 1. The number of aromatic nitrogens is 1. The van der Waals surface area contributed by atoms with Crippen molar-refractivity contribution in [3.63, 3.8) is 0 Å². The number of pyridine rings is 1. The molecule has 3 atom stereocenters. The van der Waals surface area contributed by atoms with Crippen LogP contribution in [0, 0.1) is 11.7 Å². The molecule has 3 heterocycles. The Hall–Kier alpha value is -1.71. The van der Waals surface area contributed by atoms with Gasteiger partial charge in [-0.1, -0.05) is 11.6 Å². The lowest BCUT2D eigenvalue weighted by atomic mass is 9.76. The Balaban J connectivity index is 1.65. The number of carbonyl (C=O) groups is 1. The van der Waals surface area contributed by atoms with Crippen LogP contribution in [0.3, 0.4) is 0 Å². The van der Waals surface area contributed by atoms with Gasteiger partial charge in [0.15, 0.2) is 0 Å². The van der Waals surface area contributed by atoms with Crippen molar-refractivity contribution < 1.29 is 13.9 Å². The van der Waals surface area contributed by atoms with E-state index in [1.165, 1.54) is 24.4 Å². The van der Waals surface area contributed by atoms with Crippen LogP contribution in [-0.4, -0.2) is 35.4 Å². The highest BCUT2D eigenvalue weighted by Gasteiger charge is 2.48. The number of benzene rings is 1. The number of thioether (sulfide) groups is 1. The zero-order valence-electron chi connectivity index (χ0n) is 15.0. The molecule has 148 valence electrons. The van der Waals surface area contributed by atoms with Gasteiger partial charge in [0.25, 0.3) is 5.91 Å². The first kappa shape index (κ1) is 19.6. The molecule has 0 bridgehead atoms. The molecule has 2 saturated heterocycles. The molecule has 2 aliphatic heterocycles. The fourth-order valence-corrected chi connectivity index (χ4v) is 5.05. The molecule has 1 amide bonds. The summed E-state index contributed by atoms with van der Waals surface area (Å²) in [5.74, 6) is 0.253. The lowest BCUT2D eigenvalue weighted by Gasteiger charge is -2.49. The SMILES string of the molecule is NC1N[C@@]2(c3cc(NC(=O)c4ccc(Cl)cn4)ccc3F)COCC[C@H]2CS1. The van der Waals surface area contributed by atoms with Gasteiger partial charge < -0.3 is 15.8 Å². The van der Waals surface area contributed by atoms with Crippen molar-refractivity contribution in [1.29, 1.82) is 0 Å². The summed E-state index contributed by atoms with van der Waals surface area (Å²) in [7, 11) is 0. The van der Waals surface area contributed by atoms with Crippen LogP contribution >= 0.6 is 23.4 Å². The predicted octanol–water partition coefficient (Wildman–Crippen LogP) is 2.94. The lowest BCUT2D eigenvalue weighted by molar-refractivity contribution is -0.0218. The van der Waals surface area contributed by atoms with Crippen molar-refractivity contribution >= 4 is 35.0 Å². The van der Waals surface area contributed by atoms with Gasteiger partial charge in [-0.05, 0) is 42.7 Å². The van der Waals surface area contributed by atoms with E-state index in [1.807, 2.05) is 0 Å². The average molecular weight is 423 g/mol. The van der Waals surface area contributed by atoms with Crippen LogP contribution in [0.5, 0.6) is 0 Å². The zero-order valence-corrected chi connectivity index (χ0v) is 16.5. The van der Waals surface area contributed by atoms with Crippen molar-refractivity contribution in [2.45, 2.75) is 17.5 Å². The maximum atomic E-state index is 14.9. The number of fused-ring (bicyclic) bond motifs is 1. The quantitative estimate of drug-likeness (QED) is 0.704. The molecule has 0 aliphatic carbocycles. The number of rotatable bonds is 3. The molecule has 4 rings (SSSR count). The second-order valence-corrected chi connectivity index (χ2v) is 8.53. The van der Waals surface area contributed by atoms with Crippen LogP contribution in [0.2, 0.25) is 5.02 Å². The maximum Gasteiger partial charge on any atom is 0.274 e. The molecule has 1 aromatic carbocycles. The first-order valence-electron chi connectivity index (χ1n) is 8.93. The monoisotopic (exact) mass is 422 g/mol. The molecular formula is C19H20ClFN4O2S. The van der Waals surface area contributed by atoms with Crippen molar-refractivity contribution in [3.05, 3.63) is 58.6 Å². The van der Waals surface area contributed by atoms with E-state index in [0.717, 1.165) is 12.2 Å². The molecule has 0 radical (unpaired) electrons. The minimum atomic E-state index is -0.716. The number of carbonyl (C=O) groups excluding carboxylic acids is 1. The molecule has 28 heavy (non-hydrogen) atoms. The number of nitrogens with one attached hydrogen (secondary N) is 2. The molecule has 2 aromatic rings. The predicted molar refractivity (Wildman–Crippen MR) is 108 cm³/mol. The topological polar surface area (TPSA) is 89.3 Å². The second-order valence-electron chi connectivity index (χ2n) is 6.92. The molecule has 0 saturated carbocycles. The standard InChI is InChI=1S/C19H20ClFN4O2S/c20-12-1-4-16(23-8-12)17(26)24-13-2-3-15(21)14(7-13)19-10-27-6-5-11(19)9-28-18(22)25-19/h1-4,7-8,11,18,25H,5-6,9-10,22H2,(H,24,26)/t11-,18?,19-/m0/s1. The molecule has 6 nitrogen and oxygen atoms in total. The summed E-state index contributed by atoms with van der Waals surface area (Å²) < 4.78 is 20.6. The van der Waals surface area contributed by atoms with Gasteiger partial charge in [-0.3, -0.25) is 10.1 Å². The van der Waals surface area contributed by atoms with Crippen LogP contribution in [0.1, 0.15) is 22.5 Å². The number of amides is 1. The van der Waals surface area contributed by atoms with Gasteiger partial charge in [-0.25, -0.2) is 9.37 Å². The van der Waals surface area contributed by atoms with Gasteiger partial charge in [0.2, 0.25) is 0 Å². The highest BCUT2D eigenvalue weighted by atomic mass is 35.5. The molecule has 9 heteroatoms. The summed E-state index contributed by atoms with van der Waals surface area (Å²) in [4.78, 5) is 16.5. The lowest BCUT2D eigenvalue weighted by Crippen LogP contribution is -2.63. The average Bonchev–Trinajstić information content (AvgIpc) is 2.69. The molecular weight excluding hydrogens is 403 g/mol. The highest BCUT2D eigenvalue weighted by molar-refractivity contribution is 7.99. The smallest absolute Gasteiger partial charge is 0.274 e. The van der Waals surface area contributed by atoms with Crippen molar-refractivity contribution in [1.82, 2.24) is 10.3 Å². The van der Waals surface area contributed by atoms with Crippen LogP contribution in [-0.2, 0) is 10.3 Å². The molecule has 1 unspecified atom stereocenters. The fourth-order valence-electron chi connectivity index (χ4n) is 3.75. The van der Waals surface area contributed by atoms with Crippen LogP contribution in [0.4, 0.5) is 10.1 Å². The molecule has 2 aliphatic rings. The number of hydrogen-bond donors (Lipinski definition) is 3. The number of ether oxygens (including phenoxy) is 1. The summed E-state index contributed by atoms with van der Waals surface area (Å²) in [6.45, 7) is 0.975. The Morgan fingerprint density at radius 1 is 1.43 bits per heavy atom. The van der Waals surface area contributed by atoms with Crippen molar-refractivity contribution in [3.8, 4) is 0 Å². The van der Waals surface area contributed by atoms with Crippen molar-refractivity contribution in [2.24, 2.45) is 11.7 Å². The van der Waals surface area contributed by atoms with E-state index >= 15 is 0 Å². The Labute approximate surface area is 171 Å². The van der Waals surface area contributed by atoms with E-state index in [1.54, 1.807) is 23.9 Å². The molecule has 1 aromatic heterocycles. The Morgan fingerprint density at radius 3 is 3.07 bits per heavy atom. The third-order valence-electron chi connectivity index (χ3n) is 5.18. The molecule has 0 spiro atoms. The Morgan fingerprint density at radius 2 is 2.29 bits per heavy atom.